The van der Waals surface area contributed by atoms with Gasteiger partial charge >= 0.3 is 31.1 Å². The van der Waals surface area contributed by atoms with E-state index >= 15 is 8.78 Å². The van der Waals surface area contributed by atoms with Crippen LogP contribution in [0.25, 0.3) is 11.3 Å². The number of anilines is 1. The van der Waals surface area contributed by atoms with Gasteiger partial charge in [-0.15, -0.1) is 0 Å². The second-order valence-corrected chi connectivity index (χ2v) is 20.3. The highest BCUT2D eigenvalue weighted by Gasteiger charge is 2.57. The van der Waals surface area contributed by atoms with E-state index in [1.807, 2.05) is 10.7 Å². The first-order chi connectivity index (χ1) is 37.0. The van der Waals surface area contributed by atoms with E-state index in [4.69, 9.17) is 4.74 Å². The molecule has 428 valence electrons. The molecule has 6 N–H and O–H groups in total. The van der Waals surface area contributed by atoms with Crippen LogP contribution < -0.4 is 26.3 Å². The van der Waals surface area contributed by atoms with Crippen LogP contribution in [0.5, 0.6) is 0 Å². The number of ether oxygens (including phenoxy) is 2. The lowest BCUT2D eigenvalue weighted by Crippen LogP contribution is -2.74. The fourth-order valence-electron chi connectivity index (χ4n) is 9.21. The van der Waals surface area contributed by atoms with Gasteiger partial charge in [0.05, 0.1) is 60.6 Å². The number of fused-ring (bicyclic) bond motifs is 2. The van der Waals surface area contributed by atoms with Crippen molar-refractivity contribution in [3.8, 4) is 23.1 Å². The Morgan fingerprint density at radius 2 is 1.39 bits per heavy atom. The number of hydrogen-bond acceptors (Lipinski definition) is 13. The molecule has 0 radical (unpaired) electrons. The van der Waals surface area contributed by atoms with Gasteiger partial charge < -0.3 is 40.5 Å². The molecule has 4 aromatic rings. The number of amides is 4. The van der Waals surface area contributed by atoms with Gasteiger partial charge in [0.1, 0.15) is 23.7 Å². The summed E-state index contributed by atoms with van der Waals surface area (Å²) in [6.45, 7) is -0.393. The Morgan fingerprint density at radius 1 is 0.823 bits per heavy atom. The maximum atomic E-state index is 16.0. The maximum absolute atomic E-state index is 16.0. The third-order valence-corrected chi connectivity index (χ3v) is 14.2. The summed E-state index contributed by atoms with van der Waals surface area (Å²) in [7, 11) is 0.807. The van der Waals surface area contributed by atoms with Crippen molar-refractivity contribution >= 4 is 29.9 Å². The van der Waals surface area contributed by atoms with Gasteiger partial charge in [-0.05, 0) is 76.4 Å². The number of aliphatic hydroxyl groups is 1. The zero-order chi connectivity index (χ0) is 57.9. The van der Waals surface area contributed by atoms with Crippen molar-refractivity contribution in [3.63, 3.8) is 0 Å². The summed E-state index contributed by atoms with van der Waals surface area (Å²) in [5, 5.41) is 31.0. The van der Waals surface area contributed by atoms with Crippen molar-refractivity contribution in [1.29, 1.82) is 0 Å². The number of aliphatic hydroxyl groups excluding tert-OH is 1. The summed E-state index contributed by atoms with van der Waals surface area (Å²) in [5.74, 6) is 0.208. The molecule has 6 atom stereocenters. The minimum Gasteiger partial charge on any atom is -0.465 e. The molecule has 0 spiro atoms. The second kappa shape index (κ2) is 23.6. The lowest BCUT2D eigenvalue weighted by molar-refractivity contribution is -0.221. The topological polar surface area (TPSA) is 229 Å². The zero-order valence-electron chi connectivity index (χ0n) is 42.8. The number of alkyl carbamates (subject to hydrolysis) is 1. The van der Waals surface area contributed by atoms with Crippen LogP contribution in [0.3, 0.4) is 0 Å². The number of alkyl halides is 8. The van der Waals surface area contributed by atoms with Crippen LogP contribution in [0, 0.1) is 34.3 Å². The molecule has 2 aromatic carbocycles. The lowest BCUT2D eigenvalue weighted by atomic mass is 9.82. The number of piperidine rings is 1. The molecule has 4 fully saturated rings. The second-order valence-electron chi connectivity index (χ2n) is 20.3. The van der Waals surface area contributed by atoms with Gasteiger partial charge in [0.2, 0.25) is 11.9 Å². The van der Waals surface area contributed by atoms with Crippen molar-refractivity contribution in [1.82, 2.24) is 51.0 Å². The number of benzene rings is 2. The zero-order valence-corrected chi connectivity index (χ0v) is 42.8. The molecule has 19 nitrogen and oxygen atoms in total. The molecule has 4 saturated heterocycles. The number of rotatable bonds is 19. The number of hydrogen-bond donors (Lipinski definition) is 6. The van der Waals surface area contributed by atoms with Crippen molar-refractivity contribution < 1.29 is 82.8 Å². The van der Waals surface area contributed by atoms with E-state index in [1.54, 1.807) is 12.4 Å². The number of methoxy groups -OCH3 is 1. The van der Waals surface area contributed by atoms with Crippen molar-refractivity contribution in [2.24, 2.45) is 10.8 Å². The van der Waals surface area contributed by atoms with Gasteiger partial charge in [0.15, 0.2) is 0 Å². The fraction of sp³-hybridized carbons (Fsp3) is 0.500. The van der Waals surface area contributed by atoms with E-state index in [1.165, 1.54) is 29.6 Å². The average molecular weight is 1130 g/mol. The van der Waals surface area contributed by atoms with Gasteiger partial charge in [0, 0.05) is 73.5 Å². The summed E-state index contributed by atoms with van der Waals surface area (Å²) in [5.41, 5.74) is -4.85. The van der Waals surface area contributed by atoms with Crippen LogP contribution >= 0.6 is 0 Å². The van der Waals surface area contributed by atoms with Crippen LogP contribution in [-0.2, 0) is 32.0 Å². The predicted octanol–water partition coefficient (Wildman–Crippen LogP) is 5.53. The molecule has 4 amide bonds. The van der Waals surface area contributed by atoms with Gasteiger partial charge in [0.25, 0.3) is 5.91 Å². The number of carbonyl (C=O) groups is 4. The molecule has 6 heterocycles. The Balaban J connectivity index is 1.17. The van der Waals surface area contributed by atoms with E-state index in [-0.39, 0.29) is 21.5 Å². The minimum absolute atomic E-state index is 0.185. The molecule has 2 bridgehead atoms. The number of piperazine rings is 1. The third kappa shape index (κ3) is 13.6. The van der Waals surface area contributed by atoms with E-state index in [9.17, 15) is 64.5 Å². The van der Waals surface area contributed by atoms with Crippen LogP contribution in [-0.4, -0.2) is 159 Å². The third-order valence-electron chi connectivity index (χ3n) is 14.2. The molecule has 79 heavy (non-hydrogen) atoms. The van der Waals surface area contributed by atoms with Crippen molar-refractivity contribution in [2.45, 2.75) is 108 Å². The Kier molecular flexibility index (Phi) is 17.7. The van der Waals surface area contributed by atoms with Gasteiger partial charge in [-0.2, -0.15) is 40.2 Å². The summed E-state index contributed by atoms with van der Waals surface area (Å²) in [6.07, 6.45) is -11.7. The molecule has 4 aliphatic heterocycles. The number of nitrogens with one attached hydrogen (secondary N) is 4. The number of carbonyl (C=O) groups excluding carboxylic acids is 3. The number of hydrazine groups is 1. The van der Waals surface area contributed by atoms with Crippen LogP contribution in [0.2, 0.25) is 0 Å². The van der Waals surface area contributed by atoms with E-state index in [2.05, 4.69) is 46.8 Å². The first-order valence-corrected chi connectivity index (χ1v) is 24.3. The van der Waals surface area contributed by atoms with Crippen molar-refractivity contribution in [3.05, 3.63) is 94.9 Å². The first kappa shape index (κ1) is 59.4. The van der Waals surface area contributed by atoms with Gasteiger partial charge in [-0.25, -0.2) is 38.0 Å². The first-order valence-electron chi connectivity index (χ1n) is 24.3. The van der Waals surface area contributed by atoms with Crippen molar-refractivity contribution in [2.75, 3.05) is 44.9 Å². The lowest BCUT2D eigenvalue weighted by Gasteiger charge is -2.60. The Bertz CT molecular complexity index is 2880. The summed E-state index contributed by atoms with van der Waals surface area (Å²) < 4.78 is 155. The van der Waals surface area contributed by atoms with Crippen LogP contribution in [0.4, 0.5) is 59.4 Å². The van der Waals surface area contributed by atoms with Crippen LogP contribution in [0.15, 0.2) is 61.1 Å². The average Bonchev–Trinajstić information content (AvgIpc) is 4.06. The molecule has 2 unspecified atom stereocenters. The number of carboxylic acid groups (broad SMARTS) is 1. The molecule has 8 rings (SSSR count). The summed E-state index contributed by atoms with van der Waals surface area (Å²) >= 11 is 0. The van der Waals surface area contributed by atoms with E-state index in [0.717, 1.165) is 52.1 Å². The van der Waals surface area contributed by atoms with E-state index < -0.39 is 115 Å². The molecular weight excluding hydrogens is 1070 g/mol. The SMILES string of the molecule is COC(=O)N[C@H](C(=O)N[C@@H](Cc1ccc(C#Cc2cnc(N3CC4CC(C3)N4C3COC3)nc2)cc1)[C@@H](O)CN(Cc1c(F)cc(-c2ccn(C(F)F)n2)cc1F)NC(=O)[C@@H](NC(=O)O)C(C)(C)C(F)(F)F)C(C)(C)C(F)(F)F. The molecule has 0 saturated carbocycles. The highest BCUT2D eigenvalue weighted by atomic mass is 19.4. The highest BCUT2D eigenvalue weighted by Crippen LogP contribution is 2.42. The Labute approximate surface area is 445 Å². The molecule has 29 heteroatoms. The highest BCUT2D eigenvalue weighted by molar-refractivity contribution is 5.87. The predicted molar refractivity (Wildman–Crippen MR) is 258 cm³/mol. The standard InChI is InChI=1S/C50H55F10N11O8/c1-47(2,49(55,56)57)39(65-46(77)78-5)41(73)63-37(14-27-9-6-26(7-10-27)8-11-28-18-61-44(62-19-28)68-20-30-17-31(21-68)71(30)32-24-79-25-32)38(72)23-69(67-42(74)40(64-45(75)76)48(3,4)50(58,59)60)22-33-34(51)15-29(16-35(33)52)36-12-13-70(66-36)43(53)54/h6-7,9-10,12-13,15-16,18-19,30-32,37-40,43,64,72H,14,17,20-25H2,1-5H3,(H,63,73)(H,65,77)(H,67,74)(H,75,76)/t30?,31?,37-,38-,39+,40+/m0/s1. The molecule has 2 aromatic heterocycles. The quantitative estimate of drug-likeness (QED) is 0.0386. The largest absolute Gasteiger partial charge is 0.465 e. The molecular formula is C50H55F10N11O8. The summed E-state index contributed by atoms with van der Waals surface area (Å²) in [4.78, 5) is 65.6. The van der Waals surface area contributed by atoms with Gasteiger partial charge in [-0.1, -0.05) is 24.0 Å². The number of halogens is 10. The minimum atomic E-state index is -5.29. The Hall–Kier alpha value is -7.29. The molecule has 0 aliphatic carbocycles. The number of nitrogens with zero attached hydrogens (tertiary/aromatic N) is 7. The fourth-order valence-corrected chi connectivity index (χ4v) is 9.21. The number of aromatic nitrogens is 4. The normalized spacial score (nSPS) is 18.5. The maximum Gasteiger partial charge on any atom is 0.407 e. The van der Waals surface area contributed by atoms with Crippen LogP contribution in [0.1, 0.15) is 62.9 Å². The molecule has 4 aliphatic rings. The monoisotopic (exact) mass is 1130 g/mol. The smallest absolute Gasteiger partial charge is 0.407 e. The Morgan fingerprint density at radius 3 is 1.90 bits per heavy atom. The summed E-state index contributed by atoms with van der Waals surface area (Å²) in [6, 6.07) is 2.45. The van der Waals surface area contributed by atoms with E-state index in [0.29, 0.717) is 80.0 Å². The van der Waals surface area contributed by atoms with Gasteiger partial charge in [-0.3, -0.25) is 19.9 Å².